The normalized spacial score (nSPS) is 12.7. The van der Waals surface area contributed by atoms with Gasteiger partial charge in [0.15, 0.2) is 0 Å². The molecule has 0 saturated heterocycles. The molecule has 2 aromatic heterocycles. The Bertz CT molecular complexity index is 467. The van der Waals surface area contributed by atoms with E-state index in [2.05, 4.69) is 33.2 Å². The standard InChI is InChI=1S/C11H11BrN2S/c1-7-2-3-14-4-8(7)11(13)9-5-15-6-10(9)12/h2-6,11H,13H2,1H3. The molecule has 0 aromatic carbocycles. The van der Waals surface area contributed by atoms with E-state index in [1.54, 1.807) is 17.5 Å². The van der Waals surface area contributed by atoms with Crippen LogP contribution in [0.15, 0.2) is 33.7 Å². The summed E-state index contributed by atoms with van der Waals surface area (Å²) in [4.78, 5) is 4.11. The third kappa shape index (κ3) is 2.12. The molecule has 0 aliphatic carbocycles. The summed E-state index contributed by atoms with van der Waals surface area (Å²) < 4.78 is 1.07. The molecule has 0 amide bonds. The van der Waals surface area contributed by atoms with Crippen molar-refractivity contribution in [3.8, 4) is 0 Å². The first-order chi connectivity index (χ1) is 7.20. The Balaban J connectivity index is 2.41. The minimum absolute atomic E-state index is 0.0978. The third-order valence-corrected chi connectivity index (χ3v) is 4.14. The maximum Gasteiger partial charge on any atom is 0.0589 e. The van der Waals surface area contributed by atoms with Gasteiger partial charge in [-0.3, -0.25) is 4.98 Å². The second-order valence-corrected chi connectivity index (χ2v) is 4.98. The van der Waals surface area contributed by atoms with Crippen LogP contribution in [0.3, 0.4) is 0 Å². The summed E-state index contributed by atoms with van der Waals surface area (Å²) >= 11 is 5.15. The molecule has 15 heavy (non-hydrogen) atoms. The van der Waals surface area contributed by atoms with Crippen molar-refractivity contribution >= 4 is 27.3 Å². The summed E-state index contributed by atoms with van der Waals surface area (Å²) in [5, 5.41) is 4.11. The molecule has 2 rings (SSSR count). The fourth-order valence-electron chi connectivity index (χ4n) is 1.48. The van der Waals surface area contributed by atoms with Gasteiger partial charge in [-0.15, -0.1) is 0 Å². The fraction of sp³-hybridized carbons (Fsp3) is 0.182. The summed E-state index contributed by atoms with van der Waals surface area (Å²) in [6, 6.07) is 1.88. The van der Waals surface area contributed by atoms with E-state index in [1.165, 1.54) is 5.56 Å². The largest absolute Gasteiger partial charge is 0.320 e. The van der Waals surface area contributed by atoms with Crippen LogP contribution >= 0.6 is 27.3 Å². The smallest absolute Gasteiger partial charge is 0.0589 e. The van der Waals surface area contributed by atoms with Crippen LogP contribution in [0.5, 0.6) is 0 Å². The molecule has 2 heterocycles. The lowest BCUT2D eigenvalue weighted by molar-refractivity contribution is 0.853. The molecular weight excluding hydrogens is 272 g/mol. The molecule has 0 aliphatic rings. The Morgan fingerprint density at radius 1 is 1.40 bits per heavy atom. The number of rotatable bonds is 2. The Labute approximate surface area is 101 Å². The van der Waals surface area contributed by atoms with Crippen molar-refractivity contribution in [3.63, 3.8) is 0 Å². The number of hydrogen-bond acceptors (Lipinski definition) is 3. The zero-order chi connectivity index (χ0) is 10.8. The zero-order valence-electron chi connectivity index (χ0n) is 8.27. The van der Waals surface area contributed by atoms with Gasteiger partial charge in [-0.25, -0.2) is 0 Å². The van der Waals surface area contributed by atoms with Crippen LogP contribution in [0.4, 0.5) is 0 Å². The van der Waals surface area contributed by atoms with Gasteiger partial charge < -0.3 is 5.73 Å². The van der Waals surface area contributed by atoms with Gasteiger partial charge >= 0.3 is 0 Å². The molecule has 0 fully saturated rings. The van der Waals surface area contributed by atoms with Crippen molar-refractivity contribution in [1.29, 1.82) is 0 Å². The van der Waals surface area contributed by atoms with Crippen LogP contribution < -0.4 is 5.73 Å². The van der Waals surface area contributed by atoms with E-state index in [1.807, 2.05) is 17.6 Å². The van der Waals surface area contributed by atoms with Crippen LogP contribution in [0, 0.1) is 6.92 Å². The molecule has 0 bridgehead atoms. The monoisotopic (exact) mass is 282 g/mol. The molecule has 2 aromatic rings. The Morgan fingerprint density at radius 3 is 2.80 bits per heavy atom. The molecule has 2 nitrogen and oxygen atoms in total. The van der Waals surface area contributed by atoms with E-state index >= 15 is 0 Å². The lowest BCUT2D eigenvalue weighted by atomic mass is 10.0. The fourth-order valence-corrected chi connectivity index (χ4v) is 3.06. The maximum absolute atomic E-state index is 6.20. The van der Waals surface area contributed by atoms with Crippen LogP contribution in [0.1, 0.15) is 22.7 Å². The number of hydrogen-bond donors (Lipinski definition) is 1. The van der Waals surface area contributed by atoms with Gasteiger partial charge in [0.1, 0.15) is 0 Å². The van der Waals surface area contributed by atoms with E-state index in [0.717, 1.165) is 15.6 Å². The highest BCUT2D eigenvalue weighted by Gasteiger charge is 2.14. The second-order valence-electron chi connectivity index (χ2n) is 3.38. The van der Waals surface area contributed by atoms with Gasteiger partial charge in [0.05, 0.1) is 6.04 Å². The summed E-state index contributed by atoms with van der Waals surface area (Å²) in [5.74, 6) is 0. The lowest BCUT2D eigenvalue weighted by Gasteiger charge is -2.13. The van der Waals surface area contributed by atoms with Crippen molar-refractivity contribution in [1.82, 2.24) is 4.98 Å². The number of nitrogens with zero attached hydrogens (tertiary/aromatic N) is 1. The molecule has 4 heteroatoms. The van der Waals surface area contributed by atoms with Gasteiger partial charge in [-0.2, -0.15) is 11.3 Å². The van der Waals surface area contributed by atoms with Crippen LogP contribution in [0.25, 0.3) is 0 Å². The number of aryl methyl sites for hydroxylation is 1. The number of nitrogens with two attached hydrogens (primary N) is 1. The summed E-state index contributed by atoms with van der Waals surface area (Å²) in [7, 11) is 0. The number of pyridine rings is 1. The second kappa shape index (κ2) is 4.43. The SMILES string of the molecule is Cc1ccncc1C(N)c1cscc1Br. The van der Waals surface area contributed by atoms with Crippen molar-refractivity contribution in [3.05, 3.63) is 50.4 Å². The van der Waals surface area contributed by atoms with Gasteiger partial charge in [0.2, 0.25) is 0 Å². The minimum atomic E-state index is -0.0978. The Hall–Kier alpha value is -0.710. The zero-order valence-corrected chi connectivity index (χ0v) is 10.7. The molecule has 78 valence electrons. The summed E-state index contributed by atoms with van der Waals surface area (Å²) in [6.45, 7) is 2.05. The molecular formula is C11H11BrN2S. The first-order valence-electron chi connectivity index (χ1n) is 4.58. The molecule has 0 spiro atoms. The average molecular weight is 283 g/mol. The number of aromatic nitrogens is 1. The Morgan fingerprint density at radius 2 is 2.20 bits per heavy atom. The molecule has 2 N–H and O–H groups in total. The predicted octanol–water partition coefficient (Wildman–Crippen LogP) is 3.26. The predicted molar refractivity (Wildman–Crippen MR) is 67.0 cm³/mol. The van der Waals surface area contributed by atoms with E-state index < -0.39 is 0 Å². The first kappa shape index (κ1) is 10.8. The Kier molecular flexibility index (Phi) is 3.19. The topological polar surface area (TPSA) is 38.9 Å². The van der Waals surface area contributed by atoms with Gasteiger partial charge in [-0.05, 0) is 51.0 Å². The quantitative estimate of drug-likeness (QED) is 0.918. The van der Waals surface area contributed by atoms with Crippen LogP contribution in [-0.2, 0) is 0 Å². The van der Waals surface area contributed by atoms with E-state index in [4.69, 9.17) is 5.73 Å². The maximum atomic E-state index is 6.20. The van der Waals surface area contributed by atoms with E-state index in [-0.39, 0.29) is 6.04 Å². The number of halogens is 1. The third-order valence-electron chi connectivity index (χ3n) is 2.39. The van der Waals surface area contributed by atoms with Crippen LogP contribution in [0.2, 0.25) is 0 Å². The molecule has 0 aliphatic heterocycles. The van der Waals surface area contributed by atoms with Crippen molar-refractivity contribution in [2.24, 2.45) is 5.73 Å². The average Bonchev–Trinajstić information content (AvgIpc) is 2.64. The molecule has 0 saturated carbocycles. The molecule has 0 radical (unpaired) electrons. The minimum Gasteiger partial charge on any atom is -0.320 e. The van der Waals surface area contributed by atoms with Crippen LogP contribution in [-0.4, -0.2) is 4.98 Å². The van der Waals surface area contributed by atoms with Crippen molar-refractivity contribution in [2.75, 3.05) is 0 Å². The van der Waals surface area contributed by atoms with Gasteiger partial charge in [0, 0.05) is 22.2 Å². The highest BCUT2D eigenvalue weighted by atomic mass is 79.9. The van der Waals surface area contributed by atoms with Gasteiger partial charge in [-0.1, -0.05) is 0 Å². The molecule has 1 unspecified atom stereocenters. The highest BCUT2D eigenvalue weighted by molar-refractivity contribution is 9.10. The lowest BCUT2D eigenvalue weighted by Crippen LogP contribution is -2.13. The highest BCUT2D eigenvalue weighted by Crippen LogP contribution is 2.30. The van der Waals surface area contributed by atoms with Crippen molar-refractivity contribution in [2.45, 2.75) is 13.0 Å². The molecule has 1 atom stereocenters. The van der Waals surface area contributed by atoms with Gasteiger partial charge in [0.25, 0.3) is 0 Å². The van der Waals surface area contributed by atoms with Crippen molar-refractivity contribution < 1.29 is 0 Å². The first-order valence-corrected chi connectivity index (χ1v) is 6.31. The summed E-state index contributed by atoms with van der Waals surface area (Å²) in [5.41, 5.74) is 9.58. The van der Waals surface area contributed by atoms with E-state index in [0.29, 0.717) is 0 Å². The summed E-state index contributed by atoms with van der Waals surface area (Å²) in [6.07, 6.45) is 3.62. The van der Waals surface area contributed by atoms with E-state index in [9.17, 15) is 0 Å². The number of thiophene rings is 1.